The fourth-order valence-corrected chi connectivity index (χ4v) is 1.03. The van der Waals surface area contributed by atoms with Crippen molar-refractivity contribution in [3.05, 3.63) is 29.8 Å². The average Bonchev–Trinajstić information content (AvgIpc) is 2.36. The number of anilines is 1. The summed E-state index contributed by atoms with van der Waals surface area (Å²) in [5, 5.41) is 11.1. The molecule has 1 aromatic carbocycles. The summed E-state index contributed by atoms with van der Waals surface area (Å²) in [5.74, 6) is 0. The molecule has 0 saturated carbocycles. The molecule has 0 bridgehead atoms. The number of nitrogens with zero attached hydrogens (tertiary/aromatic N) is 1. The number of ether oxygens (including phenoxy) is 1. The number of rotatable bonds is 5. The van der Waals surface area contributed by atoms with Crippen LogP contribution in [0.2, 0.25) is 0 Å². The predicted molar refractivity (Wildman–Crippen MR) is 61.1 cm³/mol. The number of hydroxylamine groups is 1. The third-order valence-electron chi connectivity index (χ3n) is 1.83. The SMILES string of the molecule is COCCONC(=O)Nc1ccc(C#N)cc1. The highest BCUT2D eigenvalue weighted by Gasteiger charge is 2.01. The van der Waals surface area contributed by atoms with Crippen molar-refractivity contribution in [2.75, 3.05) is 25.6 Å². The highest BCUT2D eigenvalue weighted by Crippen LogP contribution is 2.08. The van der Waals surface area contributed by atoms with Crippen LogP contribution < -0.4 is 10.8 Å². The van der Waals surface area contributed by atoms with Gasteiger partial charge < -0.3 is 10.1 Å². The maximum absolute atomic E-state index is 11.3. The van der Waals surface area contributed by atoms with Crippen LogP contribution in [0.3, 0.4) is 0 Å². The summed E-state index contributed by atoms with van der Waals surface area (Å²) in [6, 6.07) is 8.00. The summed E-state index contributed by atoms with van der Waals surface area (Å²) in [5.41, 5.74) is 3.31. The molecule has 0 atom stereocenters. The van der Waals surface area contributed by atoms with Crippen molar-refractivity contribution in [3.63, 3.8) is 0 Å². The normalized spacial score (nSPS) is 9.41. The Morgan fingerprint density at radius 1 is 1.35 bits per heavy atom. The molecule has 6 heteroatoms. The van der Waals surface area contributed by atoms with Gasteiger partial charge in [-0.3, -0.25) is 4.84 Å². The molecule has 2 N–H and O–H groups in total. The smallest absolute Gasteiger partial charge is 0.343 e. The Balaban J connectivity index is 2.32. The van der Waals surface area contributed by atoms with E-state index in [0.717, 1.165) is 0 Å². The standard InChI is InChI=1S/C11H13N3O3/c1-16-6-7-17-14-11(15)13-10-4-2-9(8-12)3-5-10/h2-5H,6-7H2,1H3,(H2,13,14,15). The maximum Gasteiger partial charge on any atom is 0.343 e. The van der Waals surface area contributed by atoms with Gasteiger partial charge >= 0.3 is 6.03 Å². The summed E-state index contributed by atoms with van der Waals surface area (Å²) in [6.07, 6.45) is 0. The minimum Gasteiger partial charge on any atom is -0.382 e. The number of urea groups is 1. The lowest BCUT2D eigenvalue weighted by Crippen LogP contribution is -2.30. The molecule has 0 aromatic heterocycles. The van der Waals surface area contributed by atoms with Gasteiger partial charge in [0.2, 0.25) is 0 Å². The average molecular weight is 235 g/mol. The van der Waals surface area contributed by atoms with E-state index in [9.17, 15) is 4.79 Å². The van der Waals surface area contributed by atoms with E-state index in [0.29, 0.717) is 17.9 Å². The molecule has 17 heavy (non-hydrogen) atoms. The summed E-state index contributed by atoms with van der Waals surface area (Å²) < 4.78 is 4.74. The van der Waals surface area contributed by atoms with Crippen LogP contribution >= 0.6 is 0 Å². The topological polar surface area (TPSA) is 83.4 Å². The second kappa shape index (κ2) is 7.22. The molecular weight excluding hydrogens is 222 g/mol. The lowest BCUT2D eigenvalue weighted by molar-refractivity contribution is 0.0272. The van der Waals surface area contributed by atoms with Crippen LogP contribution in [0.15, 0.2) is 24.3 Å². The van der Waals surface area contributed by atoms with Crippen LogP contribution in [0, 0.1) is 11.3 Å². The molecule has 0 heterocycles. The molecule has 0 aliphatic heterocycles. The van der Waals surface area contributed by atoms with Crippen LogP contribution in [0.1, 0.15) is 5.56 Å². The van der Waals surface area contributed by atoms with E-state index in [1.807, 2.05) is 6.07 Å². The second-order valence-electron chi connectivity index (χ2n) is 3.09. The molecule has 1 rings (SSSR count). The van der Waals surface area contributed by atoms with Gasteiger partial charge in [-0.1, -0.05) is 0 Å². The number of methoxy groups -OCH3 is 1. The van der Waals surface area contributed by atoms with Crippen LogP contribution in [-0.4, -0.2) is 26.4 Å². The number of hydrogen-bond donors (Lipinski definition) is 2. The van der Waals surface area contributed by atoms with Gasteiger partial charge in [0.1, 0.15) is 0 Å². The molecule has 0 fully saturated rings. The highest BCUT2D eigenvalue weighted by atomic mass is 16.7. The Kier molecular flexibility index (Phi) is 5.51. The van der Waals surface area contributed by atoms with E-state index in [2.05, 4.69) is 10.8 Å². The molecule has 0 spiro atoms. The van der Waals surface area contributed by atoms with Crippen LogP contribution in [0.5, 0.6) is 0 Å². The molecule has 1 aromatic rings. The molecule has 90 valence electrons. The first-order valence-electron chi connectivity index (χ1n) is 4.94. The Morgan fingerprint density at radius 3 is 2.65 bits per heavy atom. The zero-order chi connectivity index (χ0) is 12.5. The first-order chi connectivity index (χ1) is 8.26. The van der Waals surface area contributed by atoms with Gasteiger partial charge in [0, 0.05) is 12.8 Å². The number of carbonyl (C=O) groups excluding carboxylic acids is 1. The van der Waals surface area contributed by atoms with Gasteiger partial charge in [-0.2, -0.15) is 5.26 Å². The molecule has 0 aliphatic rings. The zero-order valence-electron chi connectivity index (χ0n) is 9.40. The van der Waals surface area contributed by atoms with Crippen molar-refractivity contribution in [1.29, 1.82) is 5.26 Å². The summed E-state index contributed by atoms with van der Waals surface area (Å²) in [4.78, 5) is 16.1. The van der Waals surface area contributed by atoms with Crippen molar-refractivity contribution >= 4 is 11.7 Å². The Bertz CT molecular complexity index is 397. The lowest BCUT2D eigenvalue weighted by atomic mass is 10.2. The Hall–Kier alpha value is -2.10. The van der Waals surface area contributed by atoms with Crippen molar-refractivity contribution in [2.24, 2.45) is 0 Å². The van der Waals surface area contributed by atoms with Crippen molar-refractivity contribution in [3.8, 4) is 6.07 Å². The van der Waals surface area contributed by atoms with Gasteiger partial charge in [0.05, 0.1) is 24.8 Å². The van der Waals surface area contributed by atoms with E-state index in [1.165, 1.54) is 0 Å². The maximum atomic E-state index is 11.3. The molecule has 2 amide bonds. The largest absolute Gasteiger partial charge is 0.382 e. The molecule has 6 nitrogen and oxygen atoms in total. The van der Waals surface area contributed by atoms with Crippen molar-refractivity contribution in [1.82, 2.24) is 5.48 Å². The minimum atomic E-state index is -0.481. The molecule has 0 unspecified atom stereocenters. The summed E-state index contributed by atoms with van der Waals surface area (Å²) >= 11 is 0. The van der Waals surface area contributed by atoms with E-state index in [1.54, 1.807) is 31.4 Å². The number of benzene rings is 1. The number of carbonyl (C=O) groups is 1. The lowest BCUT2D eigenvalue weighted by Gasteiger charge is -2.07. The number of amides is 2. The van der Waals surface area contributed by atoms with Crippen LogP contribution in [-0.2, 0) is 9.57 Å². The third-order valence-corrected chi connectivity index (χ3v) is 1.83. The van der Waals surface area contributed by atoms with Gasteiger partial charge in [-0.05, 0) is 24.3 Å². The molecule has 0 radical (unpaired) electrons. The third kappa shape index (κ3) is 4.97. The Morgan fingerprint density at radius 2 is 2.06 bits per heavy atom. The molecule has 0 aliphatic carbocycles. The van der Waals surface area contributed by atoms with Gasteiger partial charge in [-0.25, -0.2) is 10.3 Å². The number of nitriles is 1. The first kappa shape index (κ1) is 13.0. The quantitative estimate of drug-likeness (QED) is 0.594. The number of nitrogens with one attached hydrogen (secondary N) is 2. The predicted octanol–water partition coefficient (Wildman–Crippen LogP) is 1.26. The first-order valence-corrected chi connectivity index (χ1v) is 4.94. The van der Waals surface area contributed by atoms with Gasteiger partial charge in [0.25, 0.3) is 0 Å². The van der Waals surface area contributed by atoms with Gasteiger partial charge in [0.15, 0.2) is 0 Å². The minimum absolute atomic E-state index is 0.275. The number of hydrogen-bond acceptors (Lipinski definition) is 4. The van der Waals surface area contributed by atoms with E-state index < -0.39 is 6.03 Å². The summed E-state index contributed by atoms with van der Waals surface area (Å²) in [6.45, 7) is 0.675. The fourth-order valence-electron chi connectivity index (χ4n) is 1.03. The monoisotopic (exact) mass is 235 g/mol. The second-order valence-corrected chi connectivity index (χ2v) is 3.09. The highest BCUT2D eigenvalue weighted by molar-refractivity contribution is 5.88. The van der Waals surface area contributed by atoms with Crippen LogP contribution in [0.4, 0.5) is 10.5 Å². The van der Waals surface area contributed by atoms with E-state index >= 15 is 0 Å². The summed E-state index contributed by atoms with van der Waals surface area (Å²) in [7, 11) is 1.54. The zero-order valence-corrected chi connectivity index (χ0v) is 9.40. The van der Waals surface area contributed by atoms with Crippen LogP contribution in [0.25, 0.3) is 0 Å². The Labute approximate surface area is 99.1 Å². The van der Waals surface area contributed by atoms with E-state index in [4.69, 9.17) is 14.8 Å². The molecule has 0 saturated heterocycles. The van der Waals surface area contributed by atoms with Crippen molar-refractivity contribution in [2.45, 2.75) is 0 Å². The fraction of sp³-hybridized carbons (Fsp3) is 0.273. The van der Waals surface area contributed by atoms with Gasteiger partial charge in [-0.15, -0.1) is 0 Å². The van der Waals surface area contributed by atoms with Crippen molar-refractivity contribution < 1.29 is 14.4 Å². The molecular formula is C11H13N3O3. The van der Waals surface area contributed by atoms with E-state index in [-0.39, 0.29) is 6.61 Å².